The molecule has 7 rings (SSSR count). The van der Waals surface area contributed by atoms with Gasteiger partial charge in [-0.1, -0.05) is 6.07 Å². The number of ether oxygens (including phenoxy) is 2. The maximum Gasteiger partial charge on any atom is 0.401 e. The fourth-order valence-corrected chi connectivity index (χ4v) is 6.68. The van der Waals surface area contributed by atoms with Crippen molar-refractivity contribution in [2.75, 3.05) is 48.0 Å². The Hall–Kier alpha value is -2.96. The van der Waals surface area contributed by atoms with E-state index in [1.807, 2.05) is 11.0 Å². The smallest absolute Gasteiger partial charge is 0.371 e. The van der Waals surface area contributed by atoms with Crippen LogP contribution < -0.4 is 15.1 Å². The van der Waals surface area contributed by atoms with Crippen molar-refractivity contribution in [3.05, 3.63) is 41.8 Å². The van der Waals surface area contributed by atoms with Gasteiger partial charge in [0.15, 0.2) is 0 Å². The molecule has 1 aromatic heterocycles. The molecule has 0 unspecified atom stereocenters. The summed E-state index contributed by atoms with van der Waals surface area (Å²) in [6, 6.07) is 6.58. The van der Waals surface area contributed by atoms with Crippen molar-refractivity contribution in [1.82, 2.24) is 9.88 Å². The van der Waals surface area contributed by atoms with Gasteiger partial charge in [-0.25, -0.2) is 9.37 Å². The van der Waals surface area contributed by atoms with E-state index >= 15 is 4.39 Å². The quantitative estimate of drug-likeness (QED) is 0.607. The second-order valence-corrected chi connectivity index (χ2v) is 10.7. The molecular formula is C26H27F4N5O3. The Morgan fingerprint density at radius 3 is 2.47 bits per heavy atom. The number of nitrogens with one attached hydrogen (secondary N) is 1. The fraction of sp³-hybridized carbons (Fsp3) is 0.538. The molecule has 0 aliphatic carbocycles. The third-order valence-electron chi connectivity index (χ3n) is 8.43. The zero-order valence-corrected chi connectivity index (χ0v) is 20.5. The molecule has 4 bridgehead atoms. The number of anilines is 4. The van der Waals surface area contributed by atoms with Crippen LogP contribution in [0.2, 0.25) is 0 Å². The molecule has 202 valence electrons. The highest BCUT2D eigenvalue weighted by molar-refractivity contribution is 6.00. The predicted molar refractivity (Wildman–Crippen MR) is 130 cm³/mol. The molecule has 4 fully saturated rings. The van der Waals surface area contributed by atoms with Crippen molar-refractivity contribution >= 4 is 28.8 Å². The summed E-state index contributed by atoms with van der Waals surface area (Å²) in [6.45, 7) is 0.549. The molecule has 1 N–H and O–H groups in total. The Balaban J connectivity index is 1.22. The summed E-state index contributed by atoms with van der Waals surface area (Å²) < 4.78 is 65.9. The van der Waals surface area contributed by atoms with Gasteiger partial charge in [0.2, 0.25) is 5.91 Å². The molecule has 12 heteroatoms. The fourth-order valence-electron chi connectivity index (χ4n) is 6.68. The highest BCUT2D eigenvalue weighted by Gasteiger charge is 2.60. The van der Waals surface area contributed by atoms with E-state index < -0.39 is 24.5 Å². The minimum absolute atomic E-state index is 0.0917. The maximum absolute atomic E-state index is 15.7. The van der Waals surface area contributed by atoms with Gasteiger partial charge in [-0.15, -0.1) is 0 Å². The van der Waals surface area contributed by atoms with E-state index in [0.717, 1.165) is 5.56 Å². The Bertz CT molecular complexity index is 1250. The highest BCUT2D eigenvalue weighted by Crippen LogP contribution is 2.47. The standard InChI is InChI=1S/C26H27F4N5O3/c27-16-8-17-19(9-18(16)35-20-11-37-23-21(35)12-38-22(20)23)34(10-15-2-1-5-31-24(15)32-17)25(36)14-3-6-33(7-4-14)13-26(28,29)30/h1-2,5,8-9,14,20-23H,3-4,6-7,10-13H2,(H,31,32)/t20-,21-,22-,23-/m1/s1. The molecule has 5 aliphatic rings. The average molecular weight is 534 g/mol. The van der Waals surface area contributed by atoms with E-state index in [9.17, 15) is 18.0 Å². The molecule has 2 aromatic rings. The number of fused-ring (bicyclic) bond motifs is 2. The summed E-state index contributed by atoms with van der Waals surface area (Å²) >= 11 is 0. The second kappa shape index (κ2) is 8.78. The monoisotopic (exact) mass is 533 g/mol. The molecule has 6 heterocycles. The first-order valence-electron chi connectivity index (χ1n) is 12.9. The van der Waals surface area contributed by atoms with Gasteiger partial charge >= 0.3 is 6.18 Å². The van der Waals surface area contributed by atoms with Gasteiger partial charge in [0.1, 0.15) is 23.8 Å². The lowest BCUT2D eigenvalue weighted by molar-refractivity contribution is -0.149. The second-order valence-electron chi connectivity index (χ2n) is 10.7. The number of carbonyl (C=O) groups is 1. The number of carbonyl (C=O) groups excluding carboxylic acids is 1. The van der Waals surface area contributed by atoms with E-state index in [-0.39, 0.29) is 49.8 Å². The number of hydrogen-bond donors (Lipinski definition) is 1. The van der Waals surface area contributed by atoms with Crippen molar-refractivity contribution in [2.24, 2.45) is 5.92 Å². The van der Waals surface area contributed by atoms with Crippen LogP contribution >= 0.6 is 0 Å². The number of alkyl halides is 3. The van der Waals surface area contributed by atoms with Crippen molar-refractivity contribution in [1.29, 1.82) is 0 Å². The molecule has 1 aromatic carbocycles. The Morgan fingerprint density at radius 1 is 1.08 bits per heavy atom. The lowest BCUT2D eigenvalue weighted by atomic mass is 9.94. The molecule has 0 radical (unpaired) electrons. The van der Waals surface area contributed by atoms with E-state index in [1.54, 1.807) is 23.2 Å². The van der Waals surface area contributed by atoms with Crippen LogP contribution in [0.4, 0.5) is 40.4 Å². The van der Waals surface area contributed by atoms with Crippen LogP contribution in [-0.2, 0) is 20.8 Å². The summed E-state index contributed by atoms with van der Waals surface area (Å²) in [4.78, 5) is 23.3. The minimum atomic E-state index is -4.27. The van der Waals surface area contributed by atoms with E-state index in [1.165, 1.54) is 11.0 Å². The van der Waals surface area contributed by atoms with Gasteiger partial charge in [-0.3, -0.25) is 9.69 Å². The first kappa shape index (κ1) is 24.1. The number of amides is 1. The summed E-state index contributed by atoms with van der Waals surface area (Å²) in [6.07, 6.45) is -2.17. The zero-order chi connectivity index (χ0) is 26.2. The normalized spacial score (nSPS) is 28.7. The van der Waals surface area contributed by atoms with E-state index in [0.29, 0.717) is 48.9 Å². The van der Waals surface area contributed by atoms with Gasteiger partial charge in [-0.05, 0) is 38.1 Å². The number of benzene rings is 1. The van der Waals surface area contributed by atoms with Crippen molar-refractivity contribution in [3.63, 3.8) is 0 Å². The molecule has 0 spiro atoms. The summed E-state index contributed by atoms with van der Waals surface area (Å²) in [5.41, 5.74) is 2.13. The van der Waals surface area contributed by atoms with Crippen LogP contribution in [0, 0.1) is 11.7 Å². The predicted octanol–water partition coefficient (Wildman–Crippen LogP) is 3.44. The number of rotatable bonds is 3. The van der Waals surface area contributed by atoms with E-state index in [4.69, 9.17) is 9.47 Å². The van der Waals surface area contributed by atoms with Gasteiger partial charge in [-0.2, -0.15) is 13.2 Å². The summed E-state index contributed by atoms with van der Waals surface area (Å²) in [5, 5.41) is 3.20. The third kappa shape index (κ3) is 3.92. The van der Waals surface area contributed by atoms with Gasteiger partial charge in [0.05, 0.1) is 55.4 Å². The first-order valence-corrected chi connectivity index (χ1v) is 12.9. The van der Waals surface area contributed by atoms with Crippen LogP contribution in [0.3, 0.4) is 0 Å². The van der Waals surface area contributed by atoms with Crippen LogP contribution in [0.5, 0.6) is 0 Å². The van der Waals surface area contributed by atoms with Crippen LogP contribution in [0.1, 0.15) is 18.4 Å². The SMILES string of the molecule is O=C(C1CCN(CC(F)(F)F)CC1)N1Cc2cccnc2Nc2cc(F)c(N3[C@@H]4CO[C@H]5[C@@H]4OC[C@H]53)cc21. The lowest BCUT2D eigenvalue weighted by Gasteiger charge is -2.39. The van der Waals surface area contributed by atoms with Crippen molar-refractivity contribution in [3.8, 4) is 0 Å². The maximum atomic E-state index is 15.7. The van der Waals surface area contributed by atoms with Crippen LogP contribution in [0.25, 0.3) is 0 Å². The van der Waals surface area contributed by atoms with Crippen LogP contribution in [-0.4, -0.2) is 79.1 Å². The van der Waals surface area contributed by atoms with Gasteiger partial charge in [0, 0.05) is 23.7 Å². The lowest BCUT2D eigenvalue weighted by Crippen LogP contribution is -2.50. The number of halogens is 4. The van der Waals surface area contributed by atoms with Crippen LogP contribution in [0.15, 0.2) is 30.5 Å². The number of piperidine rings is 1. The summed E-state index contributed by atoms with van der Waals surface area (Å²) in [7, 11) is 0. The molecule has 38 heavy (non-hydrogen) atoms. The topological polar surface area (TPSA) is 70.2 Å². The number of aromatic nitrogens is 1. The first-order chi connectivity index (χ1) is 18.3. The third-order valence-corrected chi connectivity index (χ3v) is 8.43. The molecule has 5 aliphatic heterocycles. The molecular weight excluding hydrogens is 506 g/mol. The van der Waals surface area contributed by atoms with E-state index in [2.05, 4.69) is 10.3 Å². The minimum Gasteiger partial charge on any atom is -0.371 e. The number of morpholine rings is 2. The van der Waals surface area contributed by atoms with Crippen molar-refractivity contribution < 1.29 is 31.8 Å². The number of nitrogens with zero attached hydrogens (tertiary/aromatic N) is 4. The zero-order valence-electron chi connectivity index (χ0n) is 20.5. The van der Waals surface area contributed by atoms with Gasteiger partial charge in [0.25, 0.3) is 0 Å². The average Bonchev–Trinajstić information content (AvgIpc) is 3.53. The molecule has 4 saturated heterocycles. The van der Waals surface area contributed by atoms with Gasteiger partial charge < -0.3 is 24.6 Å². The number of pyridine rings is 1. The molecule has 1 amide bonds. The number of hydrogen-bond acceptors (Lipinski definition) is 7. The Labute approximate surface area is 216 Å². The van der Waals surface area contributed by atoms with Crippen molar-refractivity contribution in [2.45, 2.75) is 49.9 Å². The largest absolute Gasteiger partial charge is 0.401 e. The Morgan fingerprint density at radius 2 is 1.79 bits per heavy atom. The Kier molecular flexibility index (Phi) is 5.57. The summed E-state index contributed by atoms with van der Waals surface area (Å²) in [5.74, 6) is -0.483. The number of likely N-dealkylation sites (tertiary alicyclic amines) is 1. The highest BCUT2D eigenvalue weighted by atomic mass is 19.4. The molecule has 4 atom stereocenters. The molecule has 8 nitrogen and oxygen atoms in total. The molecule has 0 saturated carbocycles.